The molecule has 4 rings (SSSR count). The van der Waals surface area contributed by atoms with Gasteiger partial charge in [-0.25, -0.2) is 13.4 Å². The molecule has 0 bridgehead atoms. The van der Waals surface area contributed by atoms with E-state index < -0.39 is 27.1 Å². The number of nitrogens with one attached hydrogen (secondary N) is 1. The van der Waals surface area contributed by atoms with E-state index in [1.807, 2.05) is 31.2 Å². The summed E-state index contributed by atoms with van der Waals surface area (Å²) in [6, 6.07) is 4.34. The Morgan fingerprint density at radius 1 is 1.24 bits per heavy atom. The van der Waals surface area contributed by atoms with Crippen LogP contribution in [0.25, 0.3) is 28.1 Å². The largest absolute Gasteiger partial charge is 0.404 e. The molecule has 0 spiro atoms. The summed E-state index contributed by atoms with van der Waals surface area (Å²) in [5, 5.41) is 10.5. The van der Waals surface area contributed by atoms with Crippen LogP contribution in [0.5, 0.6) is 0 Å². The predicted octanol–water partition coefficient (Wildman–Crippen LogP) is 4.17. The number of sulfonamides is 1. The molecule has 7 nitrogen and oxygen atoms in total. The number of nitriles is 1. The van der Waals surface area contributed by atoms with Crippen LogP contribution in [0.4, 0.5) is 13.2 Å². The van der Waals surface area contributed by atoms with Crippen molar-refractivity contribution in [3.05, 3.63) is 59.9 Å². The van der Waals surface area contributed by atoms with Gasteiger partial charge < -0.3 is 0 Å². The molecule has 170 valence electrons. The minimum Gasteiger partial charge on any atom is -0.291 e. The molecule has 0 aliphatic heterocycles. The number of nitrogens with zero attached hydrogens (tertiary/aromatic N) is 4. The summed E-state index contributed by atoms with van der Waals surface area (Å²) in [5.41, 5.74) is 3.29. The highest BCUT2D eigenvalue weighted by Gasteiger charge is 2.39. The Bertz CT molecular complexity index is 1450. The van der Waals surface area contributed by atoms with Gasteiger partial charge in [-0.05, 0) is 49.3 Å². The Morgan fingerprint density at radius 3 is 2.48 bits per heavy atom. The lowest BCUT2D eigenvalue weighted by Crippen LogP contribution is -2.42. The van der Waals surface area contributed by atoms with Crippen LogP contribution in [0, 0.1) is 11.3 Å². The van der Waals surface area contributed by atoms with E-state index in [2.05, 4.69) is 16.0 Å². The second kappa shape index (κ2) is 8.13. The van der Waals surface area contributed by atoms with Crippen molar-refractivity contribution < 1.29 is 21.6 Å². The van der Waals surface area contributed by atoms with E-state index in [-0.39, 0.29) is 5.69 Å². The Morgan fingerprint density at radius 2 is 1.97 bits per heavy atom. The third-order valence-corrected chi connectivity index (χ3v) is 6.82. The molecule has 3 heterocycles. The lowest BCUT2D eigenvalue weighted by Gasteiger charge is -2.17. The number of halogens is 3. The van der Waals surface area contributed by atoms with Gasteiger partial charge in [-0.15, -0.1) is 0 Å². The lowest BCUT2D eigenvalue weighted by atomic mass is 10.1. The minimum atomic E-state index is -4.72. The van der Waals surface area contributed by atoms with Gasteiger partial charge in [0.2, 0.25) is 10.0 Å². The third-order valence-electron chi connectivity index (χ3n) is 5.29. The zero-order chi connectivity index (χ0) is 24.0. The third kappa shape index (κ3) is 4.03. The lowest BCUT2D eigenvalue weighted by molar-refractivity contribution is -0.147. The second-order valence-corrected chi connectivity index (χ2v) is 9.17. The van der Waals surface area contributed by atoms with Gasteiger partial charge in [0, 0.05) is 23.5 Å². The molecule has 11 heteroatoms. The first-order chi connectivity index (χ1) is 15.6. The van der Waals surface area contributed by atoms with Gasteiger partial charge in [-0.1, -0.05) is 13.0 Å². The molecule has 1 aliphatic carbocycles. The molecule has 0 saturated carbocycles. The molecule has 1 N–H and O–H groups in total. The number of aryl methyl sites for hydroxylation is 1. The number of aromatic nitrogens is 3. The zero-order valence-electron chi connectivity index (χ0n) is 17.6. The maximum absolute atomic E-state index is 12.8. The van der Waals surface area contributed by atoms with E-state index in [0.717, 1.165) is 29.9 Å². The van der Waals surface area contributed by atoms with Crippen molar-refractivity contribution in [1.29, 1.82) is 5.26 Å². The van der Waals surface area contributed by atoms with Crippen molar-refractivity contribution in [3.8, 4) is 17.5 Å². The van der Waals surface area contributed by atoms with Crippen LogP contribution >= 0.6 is 0 Å². The first kappa shape index (κ1) is 22.7. The fourth-order valence-electron chi connectivity index (χ4n) is 3.39. The molecule has 1 unspecified atom stereocenters. The number of hydrogen-bond donors (Lipinski definition) is 1. The van der Waals surface area contributed by atoms with Crippen LogP contribution in [-0.4, -0.2) is 35.2 Å². The normalized spacial score (nSPS) is 14.6. The summed E-state index contributed by atoms with van der Waals surface area (Å²) < 4.78 is 66.4. The molecule has 1 atom stereocenters. The van der Waals surface area contributed by atoms with Gasteiger partial charge in [0.1, 0.15) is 22.7 Å². The van der Waals surface area contributed by atoms with E-state index >= 15 is 0 Å². The summed E-state index contributed by atoms with van der Waals surface area (Å²) in [6.07, 6.45) is 4.20. The van der Waals surface area contributed by atoms with E-state index in [1.165, 1.54) is 6.07 Å². The number of allylic oxidation sites excluding steroid dienone is 4. The molecular weight excluding hydrogens is 455 g/mol. The highest BCUT2D eigenvalue weighted by atomic mass is 32.2. The standard InChI is InChI=1S/C22H18F3N5O2S/c1-3-14-9-17-18(10-26)20(30(15-5-4-6-15)21(17)28-11-14)19-8-7-16(12-27-19)33(31,32)29-13(2)22(23,24)25/h4-9,11-13,29H,3H2,1-2H3. The monoisotopic (exact) mass is 473 g/mol. The Hall–Kier alpha value is -3.49. The van der Waals surface area contributed by atoms with Gasteiger partial charge >= 0.3 is 6.18 Å². The van der Waals surface area contributed by atoms with Crippen molar-refractivity contribution in [3.63, 3.8) is 0 Å². The SMILES string of the molecule is CCc1cnc2c(c1)c(C#N)c(-c1ccc(S(=O)(=O)NC(C)C(F)(F)F)cn1)n2C1=CC=C1. The van der Waals surface area contributed by atoms with Crippen LogP contribution in [0.3, 0.4) is 0 Å². The van der Waals surface area contributed by atoms with Gasteiger partial charge in [0.15, 0.2) is 0 Å². The topological polar surface area (TPSA) is 101 Å². The molecule has 0 fully saturated rings. The highest BCUT2D eigenvalue weighted by molar-refractivity contribution is 7.89. The molecule has 0 aromatic carbocycles. The molecule has 1 aliphatic rings. The number of fused-ring (bicyclic) bond motifs is 1. The maximum Gasteiger partial charge on any atom is 0.404 e. The minimum absolute atomic E-state index is 0.284. The molecule has 3 aromatic heterocycles. The average Bonchev–Trinajstić information content (AvgIpc) is 3.04. The molecular formula is C22H18F3N5O2S. The van der Waals surface area contributed by atoms with Crippen LogP contribution in [-0.2, 0) is 16.4 Å². The quantitative estimate of drug-likeness (QED) is 0.579. The van der Waals surface area contributed by atoms with Crippen molar-refractivity contribution in [2.75, 3.05) is 0 Å². The van der Waals surface area contributed by atoms with E-state index in [4.69, 9.17) is 0 Å². The van der Waals surface area contributed by atoms with Gasteiger partial charge in [0.05, 0.1) is 17.0 Å². The zero-order valence-corrected chi connectivity index (χ0v) is 18.4. The summed E-state index contributed by atoms with van der Waals surface area (Å²) in [5.74, 6) is 0. The van der Waals surface area contributed by atoms with Crippen LogP contribution in [0.1, 0.15) is 25.0 Å². The summed E-state index contributed by atoms with van der Waals surface area (Å²) in [7, 11) is -4.45. The maximum atomic E-state index is 12.8. The molecule has 0 radical (unpaired) electrons. The molecule has 33 heavy (non-hydrogen) atoms. The fourth-order valence-corrected chi connectivity index (χ4v) is 4.56. The highest BCUT2D eigenvalue weighted by Crippen LogP contribution is 2.36. The number of pyridine rings is 2. The van der Waals surface area contributed by atoms with E-state index in [0.29, 0.717) is 29.2 Å². The second-order valence-electron chi connectivity index (χ2n) is 7.45. The van der Waals surface area contributed by atoms with Crippen LogP contribution in [0.15, 0.2) is 53.7 Å². The van der Waals surface area contributed by atoms with Crippen molar-refractivity contribution in [2.45, 2.75) is 37.4 Å². The van der Waals surface area contributed by atoms with Gasteiger partial charge in [-0.2, -0.15) is 23.2 Å². The Labute approximate surface area is 187 Å². The number of hydrogen-bond acceptors (Lipinski definition) is 5. The first-order valence-electron chi connectivity index (χ1n) is 9.94. The number of alkyl halides is 3. The summed E-state index contributed by atoms with van der Waals surface area (Å²) >= 11 is 0. The molecule has 3 aromatic rings. The van der Waals surface area contributed by atoms with Crippen LogP contribution < -0.4 is 4.72 Å². The first-order valence-corrected chi connectivity index (χ1v) is 11.4. The van der Waals surface area contributed by atoms with Crippen molar-refractivity contribution in [1.82, 2.24) is 19.3 Å². The van der Waals surface area contributed by atoms with Crippen molar-refractivity contribution >= 4 is 26.8 Å². The average molecular weight is 473 g/mol. The number of rotatable bonds is 6. The summed E-state index contributed by atoms with van der Waals surface area (Å²) in [4.78, 5) is 8.28. The van der Waals surface area contributed by atoms with Crippen LogP contribution in [0.2, 0.25) is 0 Å². The molecule has 0 amide bonds. The van der Waals surface area contributed by atoms with Gasteiger partial charge in [0.25, 0.3) is 0 Å². The Kier molecular flexibility index (Phi) is 5.59. The predicted molar refractivity (Wildman–Crippen MR) is 116 cm³/mol. The Balaban J connectivity index is 1.82. The smallest absolute Gasteiger partial charge is 0.291 e. The van der Waals surface area contributed by atoms with E-state index in [9.17, 15) is 26.9 Å². The fraction of sp³-hybridized carbons (Fsp3) is 0.227. The molecule has 0 saturated heterocycles. The van der Waals surface area contributed by atoms with Gasteiger partial charge in [-0.3, -0.25) is 9.55 Å². The summed E-state index contributed by atoms with van der Waals surface area (Å²) in [6.45, 7) is 2.69. The van der Waals surface area contributed by atoms with E-state index in [1.54, 1.807) is 15.5 Å². The van der Waals surface area contributed by atoms with Crippen molar-refractivity contribution in [2.24, 2.45) is 0 Å².